The van der Waals surface area contributed by atoms with Crippen LogP contribution < -0.4 is 5.73 Å². The molecule has 1 heterocycles. The summed E-state index contributed by atoms with van der Waals surface area (Å²) in [5.41, 5.74) is 7.06. The molecule has 0 amide bonds. The molecule has 0 saturated carbocycles. The first kappa shape index (κ1) is 12.5. The highest BCUT2D eigenvalue weighted by Crippen LogP contribution is 2.25. The highest BCUT2D eigenvalue weighted by molar-refractivity contribution is 7.18. The first-order valence-corrected chi connectivity index (χ1v) is 6.55. The van der Waals surface area contributed by atoms with Crippen molar-refractivity contribution in [1.82, 2.24) is 4.98 Å². The zero-order valence-electron chi connectivity index (χ0n) is 10.3. The van der Waals surface area contributed by atoms with Crippen LogP contribution in [-0.2, 0) is 11.2 Å². The van der Waals surface area contributed by atoms with Crippen molar-refractivity contribution < 1.29 is 4.74 Å². The summed E-state index contributed by atoms with van der Waals surface area (Å²) in [7, 11) is 1.70. The van der Waals surface area contributed by atoms with Gasteiger partial charge in [-0.2, -0.15) is 0 Å². The Bertz CT molecular complexity index is 460. The van der Waals surface area contributed by atoms with Crippen LogP contribution in [0.25, 0.3) is 10.2 Å². The van der Waals surface area contributed by atoms with Crippen LogP contribution >= 0.6 is 11.3 Å². The molecule has 4 heteroatoms. The summed E-state index contributed by atoms with van der Waals surface area (Å²) in [5.74, 6) is 0. The molecule has 0 aliphatic rings. The van der Waals surface area contributed by atoms with Crippen LogP contribution in [0.15, 0.2) is 24.3 Å². The summed E-state index contributed by atoms with van der Waals surface area (Å²) in [6.45, 7) is 2.75. The standard InChI is InChI=1S/C13H18N2OS/c1-13(14,7-8-16-2)9-12-15-10-5-3-4-6-11(10)17-12/h3-6H,7-9,14H2,1-2H3. The van der Waals surface area contributed by atoms with Gasteiger partial charge in [0.15, 0.2) is 0 Å². The van der Waals surface area contributed by atoms with E-state index >= 15 is 0 Å². The van der Waals surface area contributed by atoms with E-state index in [9.17, 15) is 0 Å². The molecule has 0 saturated heterocycles. The lowest BCUT2D eigenvalue weighted by atomic mass is 9.96. The fourth-order valence-corrected chi connectivity index (χ4v) is 2.93. The fourth-order valence-electron chi connectivity index (χ4n) is 1.76. The minimum atomic E-state index is -0.246. The predicted octanol–water partition coefficient (Wildman–Crippen LogP) is 2.59. The van der Waals surface area contributed by atoms with Gasteiger partial charge in [-0.1, -0.05) is 12.1 Å². The molecule has 92 valence electrons. The number of benzene rings is 1. The number of hydrogen-bond donors (Lipinski definition) is 1. The second-order valence-electron chi connectivity index (χ2n) is 4.65. The van der Waals surface area contributed by atoms with E-state index in [2.05, 4.69) is 18.0 Å². The molecule has 0 aliphatic carbocycles. The maximum atomic E-state index is 6.24. The Balaban J connectivity index is 2.12. The molecule has 0 bridgehead atoms. The van der Waals surface area contributed by atoms with E-state index in [1.54, 1.807) is 18.4 Å². The molecule has 1 aromatic carbocycles. The number of nitrogens with zero attached hydrogens (tertiary/aromatic N) is 1. The third-order valence-corrected chi connectivity index (χ3v) is 3.81. The number of hydrogen-bond acceptors (Lipinski definition) is 4. The van der Waals surface area contributed by atoms with E-state index in [1.165, 1.54) is 4.70 Å². The van der Waals surface area contributed by atoms with Gasteiger partial charge in [-0.05, 0) is 25.5 Å². The van der Waals surface area contributed by atoms with Gasteiger partial charge in [-0.15, -0.1) is 11.3 Å². The smallest absolute Gasteiger partial charge is 0.0956 e. The molecule has 1 aromatic heterocycles. The van der Waals surface area contributed by atoms with E-state index in [4.69, 9.17) is 10.5 Å². The van der Waals surface area contributed by atoms with E-state index in [-0.39, 0.29) is 5.54 Å². The molecule has 3 nitrogen and oxygen atoms in total. The van der Waals surface area contributed by atoms with E-state index in [1.807, 2.05) is 18.2 Å². The summed E-state index contributed by atoms with van der Waals surface area (Å²) in [6, 6.07) is 8.19. The number of nitrogens with two attached hydrogens (primary N) is 1. The first-order valence-electron chi connectivity index (χ1n) is 5.73. The van der Waals surface area contributed by atoms with Gasteiger partial charge in [-0.3, -0.25) is 0 Å². The zero-order valence-corrected chi connectivity index (χ0v) is 11.1. The van der Waals surface area contributed by atoms with Gasteiger partial charge in [0.2, 0.25) is 0 Å². The van der Waals surface area contributed by atoms with Gasteiger partial charge in [0.05, 0.1) is 15.2 Å². The quantitative estimate of drug-likeness (QED) is 0.887. The van der Waals surface area contributed by atoms with Crippen molar-refractivity contribution in [2.45, 2.75) is 25.3 Å². The lowest BCUT2D eigenvalue weighted by molar-refractivity contribution is 0.171. The molecule has 0 fully saturated rings. The van der Waals surface area contributed by atoms with Crippen LogP contribution in [-0.4, -0.2) is 24.2 Å². The SMILES string of the molecule is COCCC(C)(N)Cc1nc2ccccc2s1. The molecular weight excluding hydrogens is 232 g/mol. The highest BCUT2D eigenvalue weighted by atomic mass is 32.1. The van der Waals surface area contributed by atoms with E-state index < -0.39 is 0 Å². The van der Waals surface area contributed by atoms with Crippen LogP contribution in [0.2, 0.25) is 0 Å². The maximum absolute atomic E-state index is 6.24. The lowest BCUT2D eigenvalue weighted by Gasteiger charge is -2.22. The van der Waals surface area contributed by atoms with Gasteiger partial charge in [0.25, 0.3) is 0 Å². The maximum Gasteiger partial charge on any atom is 0.0956 e. The van der Waals surface area contributed by atoms with Gasteiger partial charge >= 0.3 is 0 Å². The largest absolute Gasteiger partial charge is 0.385 e. The lowest BCUT2D eigenvalue weighted by Crippen LogP contribution is -2.39. The number of para-hydroxylation sites is 1. The Morgan fingerprint density at radius 3 is 2.88 bits per heavy atom. The third-order valence-electron chi connectivity index (χ3n) is 2.77. The second kappa shape index (κ2) is 5.12. The summed E-state index contributed by atoms with van der Waals surface area (Å²) in [4.78, 5) is 4.60. The van der Waals surface area contributed by atoms with Crippen LogP contribution in [0.4, 0.5) is 0 Å². The summed E-state index contributed by atoms with van der Waals surface area (Å²) in [6.07, 6.45) is 1.65. The Hall–Kier alpha value is -0.970. The number of rotatable bonds is 5. The molecular formula is C13H18N2OS. The molecule has 1 unspecified atom stereocenters. The van der Waals surface area contributed by atoms with Crippen LogP contribution in [0, 0.1) is 0 Å². The Morgan fingerprint density at radius 2 is 2.18 bits per heavy atom. The minimum absolute atomic E-state index is 0.246. The van der Waals surface area contributed by atoms with Crippen molar-refractivity contribution in [3.05, 3.63) is 29.3 Å². The summed E-state index contributed by atoms with van der Waals surface area (Å²) in [5, 5.41) is 1.10. The number of fused-ring (bicyclic) bond motifs is 1. The number of methoxy groups -OCH3 is 1. The van der Waals surface area contributed by atoms with Crippen molar-refractivity contribution >= 4 is 21.6 Å². The highest BCUT2D eigenvalue weighted by Gasteiger charge is 2.20. The Kier molecular flexibility index (Phi) is 3.76. The van der Waals surface area contributed by atoms with Crippen LogP contribution in [0.3, 0.4) is 0 Å². The molecule has 2 rings (SSSR count). The zero-order chi connectivity index (χ0) is 12.3. The average Bonchev–Trinajstić information content (AvgIpc) is 2.67. The van der Waals surface area contributed by atoms with Gasteiger partial charge < -0.3 is 10.5 Å². The molecule has 17 heavy (non-hydrogen) atoms. The molecule has 2 aromatic rings. The van der Waals surface area contributed by atoms with E-state index in [0.717, 1.165) is 23.4 Å². The monoisotopic (exact) mass is 250 g/mol. The normalized spacial score (nSPS) is 15.0. The summed E-state index contributed by atoms with van der Waals surface area (Å²) >= 11 is 1.73. The van der Waals surface area contributed by atoms with Crippen LogP contribution in [0.1, 0.15) is 18.4 Å². The average molecular weight is 250 g/mol. The van der Waals surface area contributed by atoms with Crippen molar-refractivity contribution in [2.75, 3.05) is 13.7 Å². The van der Waals surface area contributed by atoms with Crippen molar-refractivity contribution in [2.24, 2.45) is 5.73 Å². The van der Waals surface area contributed by atoms with Gasteiger partial charge in [0.1, 0.15) is 0 Å². The number of ether oxygens (including phenoxy) is 1. The van der Waals surface area contributed by atoms with Crippen molar-refractivity contribution in [1.29, 1.82) is 0 Å². The van der Waals surface area contributed by atoms with Crippen LogP contribution in [0.5, 0.6) is 0 Å². The topological polar surface area (TPSA) is 48.1 Å². The molecule has 0 radical (unpaired) electrons. The second-order valence-corrected chi connectivity index (χ2v) is 5.76. The predicted molar refractivity (Wildman–Crippen MR) is 72.4 cm³/mol. The number of aromatic nitrogens is 1. The van der Waals surface area contributed by atoms with Crippen molar-refractivity contribution in [3.63, 3.8) is 0 Å². The van der Waals surface area contributed by atoms with Crippen molar-refractivity contribution in [3.8, 4) is 0 Å². The molecule has 0 aliphatic heterocycles. The van der Waals surface area contributed by atoms with Gasteiger partial charge in [0, 0.05) is 25.7 Å². The number of thiazole rings is 1. The van der Waals surface area contributed by atoms with E-state index in [0.29, 0.717) is 6.61 Å². The Labute approximate surface area is 106 Å². The molecule has 1 atom stereocenters. The Morgan fingerprint density at radius 1 is 1.41 bits per heavy atom. The first-order chi connectivity index (χ1) is 8.11. The minimum Gasteiger partial charge on any atom is -0.385 e. The third kappa shape index (κ3) is 3.25. The summed E-state index contributed by atoms with van der Waals surface area (Å²) < 4.78 is 6.30. The molecule has 0 spiro atoms. The molecule has 2 N–H and O–H groups in total. The fraction of sp³-hybridized carbons (Fsp3) is 0.462. The van der Waals surface area contributed by atoms with Gasteiger partial charge in [-0.25, -0.2) is 4.98 Å².